The van der Waals surface area contributed by atoms with Gasteiger partial charge in [-0.05, 0) is 18.6 Å². The van der Waals surface area contributed by atoms with Crippen LogP contribution in [0.1, 0.15) is 32.5 Å². The van der Waals surface area contributed by atoms with E-state index in [-0.39, 0.29) is 11.8 Å². The van der Waals surface area contributed by atoms with Gasteiger partial charge < -0.3 is 9.88 Å². The van der Waals surface area contributed by atoms with Gasteiger partial charge in [0.05, 0.1) is 17.6 Å². The molecule has 1 aromatic heterocycles. The first-order valence-corrected chi connectivity index (χ1v) is 6.81. The van der Waals surface area contributed by atoms with E-state index < -0.39 is 0 Å². The van der Waals surface area contributed by atoms with E-state index in [9.17, 15) is 4.79 Å². The Balaban J connectivity index is 2.06. The van der Waals surface area contributed by atoms with Crippen LogP contribution in [0, 0.1) is 5.92 Å². The third kappa shape index (κ3) is 2.95. The molecule has 1 N–H and O–H groups in total. The summed E-state index contributed by atoms with van der Waals surface area (Å²) in [4.78, 5) is 16.4. The van der Waals surface area contributed by atoms with Crippen molar-refractivity contribution in [3.05, 3.63) is 30.1 Å². The van der Waals surface area contributed by atoms with E-state index >= 15 is 0 Å². The Morgan fingerprint density at radius 1 is 1.42 bits per heavy atom. The molecule has 0 spiro atoms. The number of nitrogens with zero attached hydrogens (tertiary/aromatic N) is 2. The zero-order valence-corrected chi connectivity index (χ0v) is 11.8. The molecule has 0 radical (unpaired) electrons. The van der Waals surface area contributed by atoms with Crippen LogP contribution in [0.4, 0.5) is 0 Å². The topological polar surface area (TPSA) is 46.9 Å². The van der Waals surface area contributed by atoms with Gasteiger partial charge in [-0.15, -0.1) is 0 Å². The molecule has 0 fully saturated rings. The highest BCUT2D eigenvalue weighted by Gasteiger charge is 2.13. The number of imidazole rings is 1. The van der Waals surface area contributed by atoms with Gasteiger partial charge in [0.2, 0.25) is 5.91 Å². The summed E-state index contributed by atoms with van der Waals surface area (Å²) in [5, 5.41) is 2.96. The average molecular weight is 259 g/mol. The fourth-order valence-electron chi connectivity index (χ4n) is 2.26. The molecule has 19 heavy (non-hydrogen) atoms. The lowest BCUT2D eigenvalue weighted by Crippen LogP contribution is -2.29. The first kappa shape index (κ1) is 13.6. The fraction of sp³-hybridized carbons (Fsp3) is 0.467. The molecular weight excluding hydrogens is 238 g/mol. The van der Waals surface area contributed by atoms with Crippen molar-refractivity contribution >= 4 is 16.9 Å². The number of fused-ring (bicyclic) bond motifs is 1. The molecule has 102 valence electrons. The second-order valence-corrected chi connectivity index (χ2v) is 4.98. The Hall–Kier alpha value is -1.84. The summed E-state index contributed by atoms with van der Waals surface area (Å²) in [7, 11) is 1.98. The normalized spacial score (nSPS) is 12.6. The molecule has 1 heterocycles. The monoisotopic (exact) mass is 259 g/mol. The van der Waals surface area contributed by atoms with E-state index in [4.69, 9.17) is 0 Å². The Labute approximate surface area is 113 Å². The first-order chi connectivity index (χ1) is 9.13. The van der Waals surface area contributed by atoms with Crippen molar-refractivity contribution in [3.8, 4) is 0 Å². The molecule has 0 aliphatic carbocycles. The lowest BCUT2D eigenvalue weighted by Gasteiger charge is -2.10. The highest BCUT2D eigenvalue weighted by atomic mass is 16.1. The van der Waals surface area contributed by atoms with Crippen LogP contribution in [0.15, 0.2) is 24.3 Å². The van der Waals surface area contributed by atoms with Crippen molar-refractivity contribution in [2.75, 3.05) is 0 Å². The first-order valence-electron chi connectivity index (χ1n) is 6.81. The average Bonchev–Trinajstić information content (AvgIpc) is 2.73. The zero-order chi connectivity index (χ0) is 13.8. The van der Waals surface area contributed by atoms with Gasteiger partial charge in [0, 0.05) is 13.0 Å². The Kier molecular flexibility index (Phi) is 4.20. The number of aromatic nitrogens is 2. The minimum Gasteiger partial charge on any atom is -0.349 e. The Bertz CT molecular complexity index is 574. The van der Waals surface area contributed by atoms with Crippen LogP contribution >= 0.6 is 0 Å². The lowest BCUT2D eigenvalue weighted by molar-refractivity contribution is -0.124. The van der Waals surface area contributed by atoms with E-state index in [2.05, 4.69) is 17.2 Å². The maximum Gasteiger partial charge on any atom is 0.223 e. The predicted molar refractivity (Wildman–Crippen MR) is 76.6 cm³/mol. The van der Waals surface area contributed by atoms with E-state index in [1.165, 1.54) is 0 Å². The summed E-state index contributed by atoms with van der Waals surface area (Å²) in [6.45, 7) is 4.54. The van der Waals surface area contributed by atoms with E-state index in [1.807, 2.05) is 42.8 Å². The molecule has 0 saturated heterocycles. The minimum absolute atomic E-state index is 0.0692. The van der Waals surface area contributed by atoms with Crippen LogP contribution in [-0.2, 0) is 18.4 Å². The van der Waals surface area contributed by atoms with Crippen molar-refractivity contribution in [2.45, 2.75) is 33.2 Å². The van der Waals surface area contributed by atoms with Gasteiger partial charge in [-0.25, -0.2) is 4.98 Å². The van der Waals surface area contributed by atoms with Crippen molar-refractivity contribution in [2.24, 2.45) is 13.0 Å². The number of benzene rings is 1. The standard InChI is InChI=1S/C15H21N3O/c1-4-7-11(2)15(19)16-10-14-17-12-8-5-6-9-13(12)18(14)3/h5-6,8-9,11H,4,7,10H2,1-3H3,(H,16,19). The number of carbonyl (C=O) groups is 1. The molecular formula is C15H21N3O. The number of nitrogens with one attached hydrogen (secondary N) is 1. The molecule has 1 atom stereocenters. The van der Waals surface area contributed by atoms with E-state index in [0.717, 1.165) is 29.7 Å². The summed E-state index contributed by atoms with van der Waals surface area (Å²) in [6, 6.07) is 7.99. The zero-order valence-electron chi connectivity index (χ0n) is 11.8. The Morgan fingerprint density at radius 2 is 2.16 bits per heavy atom. The van der Waals surface area contributed by atoms with Gasteiger partial charge in [0.25, 0.3) is 0 Å². The smallest absolute Gasteiger partial charge is 0.223 e. The number of hydrogen-bond acceptors (Lipinski definition) is 2. The molecule has 2 rings (SSSR count). The number of para-hydroxylation sites is 2. The molecule has 0 aliphatic heterocycles. The number of rotatable bonds is 5. The third-order valence-electron chi connectivity index (χ3n) is 3.47. The number of aryl methyl sites for hydroxylation is 1. The third-order valence-corrected chi connectivity index (χ3v) is 3.47. The van der Waals surface area contributed by atoms with Crippen molar-refractivity contribution in [3.63, 3.8) is 0 Å². The molecule has 1 aromatic carbocycles. The van der Waals surface area contributed by atoms with Crippen LogP contribution in [0.5, 0.6) is 0 Å². The lowest BCUT2D eigenvalue weighted by atomic mass is 10.1. The van der Waals surface area contributed by atoms with Crippen LogP contribution in [0.2, 0.25) is 0 Å². The molecule has 1 amide bonds. The number of amides is 1. The highest BCUT2D eigenvalue weighted by molar-refractivity contribution is 5.78. The molecule has 0 saturated carbocycles. The van der Waals surface area contributed by atoms with Gasteiger partial charge in [-0.2, -0.15) is 0 Å². The van der Waals surface area contributed by atoms with Gasteiger partial charge in [0.15, 0.2) is 0 Å². The van der Waals surface area contributed by atoms with Crippen molar-refractivity contribution < 1.29 is 4.79 Å². The molecule has 1 unspecified atom stereocenters. The second kappa shape index (κ2) is 5.87. The largest absolute Gasteiger partial charge is 0.349 e. The quantitative estimate of drug-likeness (QED) is 0.897. The van der Waals surface area contributed by atoms with E-state index in [0.29, 0.717) is 6.54 Å². The van der Waals surface area contributed by atoms with Gasteiger partial charge >= 0.3 is 0 Å². The number of carbonyl (C=O) groups excluding carboxylic acids is 1. The minimum atomic E-state index is 0.0692. The van der Waals surface area contributed by atoms with Crippen LogP contribution < -0.4 is 5.32 Å². The summed E-state index contributed by atoms with van der Waals surface area (Å²) in [5.41, 5.74) is 2.06. The van der Waals surface area contributed by atoms with Crippen LogP contribution in [0.25, 0.3) is 11.0 Å². The Morgan fingerprint density at radius 3 is 2.84 bits per heavy atom. The summed E-state index contributed by atoms with van der Waals surface area (Å²) >= 11 is 0. The fourth-order valence-corrected chi connectivity index (χ4v) is 2.26. The summed E-state index contributed by atoms with van der Waals surface area (Å²) < 4.78 is 2.03. The maximum atomic E-state index is 11.9. The molecule has 2 aromatic rings. The second-order valence-electron chi connectivity index (χ2n) is 4.98. The molecule has 4 heteroatoms. The molecule has 0 bridgehead atoms. The maximum absolute atomic E-state index is 11.9. The van der Waals surface area contributed by atoms with Crippen LogP contribution in [-0.4, -0.2) is 15.5 Å². The number of hydrogen-bond donors (Lipinski definition) is 1. The molecule has 0 aliphatic rings. The van der Waals surface area contributed by atoms with Gasteiger partial charge in [0.1, 0.15) is 5.82 Å². The van der Waals surface area contributed by atoms with Gasteiger partial charge in [-0.3, -0.25) is 4.79 Å². The van der Waals surface area contributed by atoms with E-state index in [1.54, 1.807) is 0 Å². The van der Waals surface area contributed by atoms with Crippen molar-refractivity contribution in [1.29, 1.82) is 0 Å². The van der Waals surface area contributed by atoms with Gasteiger partial charge in [-0.1, -0.05) is 32.4 Å². The highest BCUT2D eigenvalue weighted by Crippen LogP contribution is 2.14. The molecule has 4 nitrogen and oxygen atoms in total. The predicted octanol–water partition coefficient (Wildman–Crippen LogP) is 2.63. The van der Waals surface area contributed by atoms with Crippen molar-refractivity contribution in [1.82, 2.24) is 14.9 Å². The van der Waals surface area contributed by atoms with Crippen LogP contribution in [0.3, 0.4) is 0 Å². The SMILES string of the molecule is CCCC(C)C(=O)NCc1nc2ccccc2n1C. The summed E-state index contributed by atoms with van der Waals surface area (Å²) in [6.07, 6.45) is 1.95. The summed E-state index contributed by atoms with van der Waals surface area (Å²) in [5.74, 6) is 1.06.